The van der Waals surface area contributed by atoms with Crippen LogP contribution < -0.4 is 10.6 Å². The lowest BCUT2D eigenvalue weighted by Gasteiger charge is -2.32. The van der Waals surface area contributed by atoms with Gasteiger partial charge in [-0.3, -0.25) is 15.0 Å². The summed E-state index contributed by atoms with van der Waals surface area (Å²) in [6.07, 6.45) is -2.37. The molecule has 0 aromatic heterocycles. The molecule has 8 nitrogen and oxygen atoms in total. The van der Waals surface area contributed by atoms with Gasteiger partial charge in [0, 0.05) is 18.7 Å². The Bertz CT molecular complexity index is 533. The zero-order chi connectivity index (χ0) is 15.6. The molecule has 116 valence electrons. The van der Waals surface area contributed by atoms with Crippen molar-refractivity contribution < 1.29 is 15.1 Å². The highest BCUT2D eigenvalue weighted by Crippen LogP contribution is 2.36. The van der Waals surface area contributed by atoms with Gasteiger partial charge in [-0.1, -0.05) is 13.8 Å². The Hall–Kier alpha value is -1.90. The van der Waals surface area contributed by atoms with E-state index in [0.717, 1.165) is 13.1 Å². The normalized spacial score (nSPS) is 20.6. The number of nitro groups is 1. The van der Waals surface area contributed by atoms with Crippen LogP contribution >= 0.6 is 0 Å². The number of aliphatic hydroxyl groups is 2. The van der Waals surface area contributed by atoms with Crippen LogP contribution in [0.25, 0.3) is 0 Å². The van der Waals surface area contributed by atoms with E-state index in [4.69, 9.17) is 0 Å². The Morgan fingerprint density at radius 3 is 2.43 bits per heavy atom. The molecule has 0 saturated heterocycles. The third kappa shape index (κ3) is 3.23. The third-order valence-corrected chi connectivity index (χ3v) is 3.60. The first-order valence-corrected chi connectivity index (χ1v) is 6.89. The average Bonchev–Trinajstić information content (AvgIpc) is 2.45. The van der Waals surface area contributed by atoms with Gasteiger partial charge in [0.25, 0.3) is 5.69 Å². The van der Waals surface area contributed by atoms with E-state index >= 15 is 0 Å². The largest absolute Gasteiger partial charge is 0.369 e. The molecule has 21 heavy (non-hydrogen) atoms. The second-order valence-corrected chi connectivity index (χ2v) is 4.92. The summed E-state index contributed by atoms with van der Waals surface area (Å²) < 4.78 is 0. The van der Waals surface area contributed by atoms with Gasteiger partial charge in [0.2, 0.25) is 0 Å². The van der Waals surface area contributed by atoms with Crippen LogP contribution in [-0.4, -0.2) is 45.6 Å². The number of aliphatic hydroxyl groups excluding tert-OH is 2. The monoisotopic (exact) mass is 296 g/mol. The highest BCUT2D eigenvalue weighted by Gasteiger charge is 2.28. The predicted molar refractivity (Wildman–Crippen MR) is 79.0 cm³/mol. The molecule has 0 fully saturated rings. The zero-order valence-electron chi connectivity index (χ0n) is 12.0. The van der Waals surface area contributed by atoms with Gasteiger partial charge in [-0.25, -0.2) is 0 Å². The second-order valence-electron chi connectivity index (χ2n) is 4.92. The van der Waals surface area contributed by atoms with Crippen LogP contribution in [-0.2, 0) is 6.54 Å². The van der Waals surface area contributed by atoms with Crippen LogP contribution in [0.3, 0.4) is 0 Å². The van der Waals surface area contributed by atoms with Crippen LogP contribution in [0.15, 0.2) is 12.1 Å². The molecule has 0 spiro atoms. The molecule has 0 aliphatic carbocycles. The molecule has 1 aliphatic heterocycles. The molecule has 1 heterocycles. The van der Waals surface area contributed by atoms with Crippen molar-refractivity contribution in [2.45, 2.75) is 32.8 Å². The maximum atomic E-state index is 11.0. The molecule has 2 atom stereocenters. The van der Waals surface area contributed by atoms with Crippen LogP contribution in [0.5, 0.6) is 0 Å². The van der Waals surface area contributed by atoms with Crippen molar-refractivity contribution in [2.75, 3.05) is 23.7 Å². The predicted octanol–water partition coefficient (Wildman–Crippen LogP) is 0.911. The molecule has 0 bridgehead atoms. The number of fused-ring (bicyclic) bond motifs is 1. The fraction of sp³-hybridized carbons (Fsp3) is 0.538. The van der Waals surface area contributed by atoms with Crippen LogP contribution in [0.4, 0.5) is 17.1 Å². The fourth-order valence-corrected chi connectivity index (χ4v) is 2.35. The first-order chi connectivity index (χ1) is 9.96. The van der Waals surface area contributed by atoms with Gasteiger partial charge >= 0.3 is 0 Å². The Morgan fingerprint density at radius 2 is 1.86 bits per heavy atom. The van der Waals surface area contributed by atoms with Gasteiger partial charge in [-0.05, 0) is 18.7 Å². The highest BCUT2D eigenvalue weighted by atomic mass is 16.6. The van der Waals surface area contributed by atoms with Crippen LogP contribution in [0, 0.1) is 10.1 Å². The lowest BCUT2D eigenvalue weighted by molar-refractivity contribution is -0.384. The number of hydrogen-bond acceptors (Lipinski definition) is 7. The number of nitrogens with zero attached hydrogens (tertiary/aromatic N) is 2. The van der Waals surface area contributed by atoms with Crippen molar-refractivity contribution in [1.82, 2.24) is 4.90 Å². The first kappa shape index (κ1) is 15.5. The second kappa shape index (κ2) is 6.25. The number of benzene rings is 1. The van der Waals surface area contributed by atoms with E-state index in [2.05, 4.69) is 15.5 Å². The molecule has 2 unspecified atom stereocenters. The van der Waals surface area contributed by atoms with Crippen molar-refractivity contribution in [3.8, 4) is 0 Å². The van der Waals surface area contributed by atoms with Crippen molar-refractivity contribution in [3.05, 3.63) is 27.8 Å². The molecule has 2 rings (SSSR count). The van der Waals surface area contributed by atoms with Crippen molar-refractivity contribution in [2.24, 2.45) is 0 Å². The SMILES string of the molecule is CCN(CC)Cc1cc([N+](=O)[O-])cc2c1NC(O)C(O)N2. The first-order valence-electron chi connectivity index (χ1n) is 6.89. The molecule has 1 aromatic rings. The summed E-state index contributed by atoms with van der Waals surface area (Å²) in [5.74, 6) is 0. The number of hydrogen-bond donors (Lipinski definition) is 4. The van der Waals surface area contributed by atoms with Crippen molar-refractivity contribution in [3.63, 3.8) is 0 Å². The summed E-state index contributed by atoms with van der Waals surface area (Å²) in [6, 6.07) is 2.85. The number of nitrogens with one attached hydrogen (secondary N) is 2. The molecule has 0 radical (unpaired) electrons. The van der Waals surface area contributed by atoms with Gasteiger partial charge < -0.3 is 20.8 Å². The van der Waals surface area contributed by atoms with E-state index in [9.17, 15) is 20.3 Å². The molecule has 0 saturated carbocycles. The summed E-state index contributed by atoms with van der Waals surface area (Å²) in [6.45, 7) is 6.17. The number of non-ortho nitro benzene ring substituents is 1. The Kier molecular flexibility index (Phi) is 4.61. The maximum absolute atomic E-state index is 11.0. The smallest absolute Gasteiger partial charge is 0.271 e. The Morgan fingerprint density at radius 1 is 1.24 bits per heavy atom. The van der Waals surface area contributed by atoms with Crippen molar-refractivity contribution in [1.29, 1.82) is 0 Å². The van der Waals surface area contributed by atoms with Gasteiger partial charge in [0.1, 0.15) is 0 Å². The minimum absolute atomic E-state index is 0.0474. The Labute approximate surface area is 122 Å². The topological polar surface area (TPSA) is 111 Å². The average molecular weight is 296 g/mol. The lowest BCUT2D eigenvalue weighted by Crippen LogP contribution is -2.43. The molecule has 1 aromatic carbocycles. The fourth-order valence-electron chi connectivity index (χ4n) is 2.35. The maximum Gasteiger partial charge on any atom is 0.271 e. The van der Waals surface area contributed by atoms with Crippen LogP contribution in [0.2, 0.25) is 0 Å². The molecule has 1 aliphatic rings. The van der Waals surface area contributed by atoms with Crippen molar-refractivity contribution >= 4 is 17.1 Å². The molecule has 0 amide bonds. The van der Waals surface area contributed by atoms with E-state index in [1.54, 1.807) is 0 Å². The van der Waals surface area contributed by atoms with Gasteiger partial charge in [-0.15, -0.1) is 0 Å². The van der Waals surface area contributed by atoms with E-state index in [0.29, 0.717) is 23.5 Å². The summed E-state index contributed by atoms with van der Waals surface area (Å²) >= 11 is 0. The summed E-state index contributed by atoms with van der Waals surface area (Å²) in [7, 11) is 0. The molecular weight excluding hydrogens is 276 g/mol. The van der Waals surface area contributed by atoms with E-state index < -0.39 is 17.4 Å². The van der Waals surface area contributed by atoms with E-state index in [1.165, 1.54) is 12.1 Å². The lowest BCUT2D eigenvalue weighted by atomic mass is 10.1. The minimum Gasteiger partial charge on any atom is -0.369 e. The third-order valence-electron chi connectivity index (χ3n) is 3.60. The molecule has 8 heteroatoms. The summed E-state index contributed by atoms with van der Waals surface area (Å²) in [4.78, 5) is 12.7. The van der Waals surface area contributed by atoms with Gasteiger partial charge in [-0.2, -0.15) is 0 Å². The number of anilines is 2. The van der Waals surface area contributed by atoms with Crippen LogP contribution in [0.1, 0.15) is 19.4 Å². The highest BCUT2D eigenvalue weighted by molar-refractivity contribution is 5.78. The number of nitro benzene ring substituents is 1. The minimum atomic E-state index is -1.21. The van der Waals surface area contributed by atoms with E-state index in [1.807, 2.05) is 13.8 Å². The number of rotatable bonds is 5. The summed E-state index contributed by atoms with van der Waals surface area (Å²) in [5.41, 5.74) is 1.67. The molecular formula is C13H20N4O4. The zero-order valence-corrected chi connectivity index (χ0v) is 12.0. The van der Waals surface area contributed by atoms with Gasteiger partial charge in [0.15, 0.2) is 12.5 Å². The quantitative estimate of drug-likeness (QED) is 0.472. The van der Waals surface area contributed by atoms with E-state index in [-0.39, 0.29) is 5.69 Å². The van der Waals surface area contributed by atoms with Gasteiger partial charge in [0.05, 0.1) is 16.3 Å². The Balaban J connectivity index is 2.44. The standard InChI is InChI=1S/C13H20N4O4/c1-3-16(4-2)7-8-5-9(17(20)21)6-10-11(8)15-13(19)12(18)14-10/h5-6,12-15,18-19H,3-4,7H2,1-2H3. The summed E-state index contributed by atoms with van der Waals surface area (Å²) in [5, 5.41) is 35.8. The molecule has 4 N–H and O–H groups in total.